The van der Waals surface area contributed by atoms with Gasteiger partial charge in [0.05, 0.1) is 32.8 Å². The van der Waals surface area contributed by atoms with Gasteiger partial charge in [0, 0.05) is 12.3 Å². The summed E-state index contributed by atoms with van der Waals surface area (Å²) in [5.41, 5.74) is -1.56. The number of nitrogens with zero attached hydrogens (tertiary/aromatic N) is 2. The fourth-order valence-electron chi connectivity index (χ4n) is 4.52. The molecule has 2 rings (SSSR count). The first-order valence-electron chi connectivity index (χ1n) is 13.7. The van der Waals surface area contributed by atoms with Crippen molar-refractivity contribution < 1.29 is 36.6 Å². The highest BCUT2D eigenvalue weighted by atomic mass is 32.3. The summed E-state index contributed by atoms with van der Waals surface area (Å²) in [5.74, 6) is 0. The maximum atomic E-state index is 11.6. The Labute approximate surface area is 226 Å². The summed E-state index contributed by atoms with van der Waals surface area (Å²) in [6.07, 6.45) is 6.22. The number of aliphatic hydroxyl groups is 2. The molecule has 0 spiro atoms. The van der Waals surface area contributed by atoms with E-state index >= 15 is 0 Å². The summed E-state index contributed by atoms with van der Waals surface area (Å²) >= 11 is 0. The van der Waals surface area contributed by atoms with Crippen LogP contribution in [0.4, 0.5) is 0 Å². The molecule has 1 saturated heterocycles. The van der Waals surface area contributed by atoms with E-state index in [-0.39, 0.29) is 0 Å². The van der Waals surface area contributed by atoms with Crippen LogP contribution < -0.4 is 11.2 Å². The summed E-state index contributed by atoms with van der Waals surface area (Å²) in [7, 11) is -4.99. The number of aromatic amines is 1. The third kappa shape index (κ3) is 11.6. The number of nitrogens with one attached hydrogen (secondary N) is 1. The molecule has 3 N–H and O–H groups in total. The summed E-state index contributed by atoms with van der Waals surface area (Å²) in [6, 6.07) is 0.996. The van der Waals surface area contributed by atoms with Crippen LogP contribution >= 0.6 is 0 Å². The van der Waals surface area contributed by atoms with Crippen LogP contribution in [0.3, 0.4) is 0 Å². The average Bonchev–Trinajstić information content (AvgIpc) is 3.15. The van der Waals surface area contributed by atoms with Crippen LogP contribution in [0.15, 0.2) is 21.9 Å². The van der Waals surface area contributed by atoms with Crippen LogP contribution in [0.2, 0.25) is 0 Å². The molecule has 0 amide bonds. The number of ether oxygens (including phenoxy) is 1. The normalized spacial score (nSPS) is 21.8. The van der Waals surface area contributed by atoms with E-state index in [0.717, 1.165) is 16.8 Å². The van der Waals surface area contributed by atoms with Gasteiger partial charge in [0.2, 0.25) is 10.4 Å². The third-order valence-corrected chi connectivity index (χ3v) is 7.21. The van der Waals surface area contributed by atoms with E-state index in [1.165, 1.54) is 82.0 Å². The zero-order valence-electron chi connectivity index (χ0n) is 23.2. The Morgan fingerprint density at radius 1 is 0.947 bits per heavy atom. The first-order chi connectivity index (χ1) is 17.9. The van der Waals surface area contributed by atoms with E-state index < -0.39 is 52.8 Å². The van der Waals surface area contributed by atoms with Gasteiger partial charge in [-0.25, -0.2) is 13.2 Å². The largest absolute Gasteiger partial charge is 0.726 e. The highest BCUT2D eigenvalue weighted by molar-refractivity contribution is 7.80. The van der Waals surface area contributed by atoms with Crippen molar-refractivity contribution in [2.45, 2.75) is 104 Å². The fourth-order valence-corrected chi connectivity index (χ4v) is 4.82. The van der Waals surface area contributed by atoms with Crippen molar-refractivity contribution in [3.05, 3.63) is 33.1 Å². The summed E-state index contributed by atoms with van der Waals surface area (Å²) in [6.45, 7) is 14.2. The second-order valence-corrected chi connectivity index (χ2v) is 11.0. The molecule has 4 atom stereocenters. The number of unbranched alkanes of at least 4 members (excludes halogenated alkanes) is 4. The van der Waals surface area contributed by atoms with Crippen molar-refractivity contribution >= 4 is 10.4 Å². The molecule has 1 aromatic heterocycles. The number of H-pyrrole nitrogens is 1. The third-order valence-electron chi connectivity index (χ3n) is 6.78. The lowest BCUT2D eigenvalue weighted by Crippen LogP contribution is -2.50. The van der Waals surface area contributed by atoms with Gasteiger partial charge in [0.15, 0.2) is 6.23 Å². The van der Waals surface area contributed by atoms with Crippen molar-refractivity contribution in [3.63, 3.8) is 0 Å². The van der Waals surface area contributed by atoms with Gasteiger partial charge in [-0.15, -0.1) is 0 Å². The highest BCUT2D eigenvalue weighted by Gasteiger charge is 2.44. The second kappa shape index (κ2) is 17.2. The molecule has 0 bridgehead atoms. The van der Waals surface area contributed by atoms with Gasteiger partial charge in [-0.1, -0.05) is 53.4 Å². The predicted molar refractivity (Wildman–Crippen MR) is 142 cm³/mol. The van der Waals surface area contributed by atoms with Crippen LogP contribution in [-0.4, -0.2) is 88.3 Å². The van der Waals surface area contributed by atoms with Gasteiger partial charge < -0.3 is 24.0 Å². The van der Waals surface area contributed by atoms with Crippen LogP contribution in [0.5, 0.6) is 0 Å². The van der Waals surface area contributed by atoms with Gasteiger partial charge in [0.1, 0.15) is 18.3 Å². The van der Waals surface area contributed by atoms with E-state index in [0.29, 0.717) is 0 Å². The maximum Gasteiger partial charge on any atom is 0.330 e. The molecule has 0 aliphatic carbocycles. The summed E-state index contributed by atoms with van der Waals surface area (Å²) < 4.78 is 42.3. The lowest BCUT2D eigenvalue weighted by molar-refractivity contribution is -0.929. The zero-order chi connectivity index (χ0) is 28.8. The van der Waals surface area contributed by atoms with Gasteiger partial charge >= 0.3 is 5.69 Å². The molecule has 2 heterocycles. The molecule has 1 aliphatic rings. The molecule has 0 unspecified atom stereocenters. The summed E-state index contributed by atoms with van der Waals surface area (Å²) in [5, 5.41) is 19.5. The molecule has 13 heteroatoms. The lowest BCUT2D eigenvalue weighted by atomic mass is 10.1. The van der Waals surface area contributed by atoms with Crippen molar-refractivity contribution in [1.82, 2.24) is 9.55 Å². The molecule has 222 valence electrons. The molecular formula is C25H47N3O9S. The minimum atomic E-state index is -4.99. The highest BCUT2D eigenvalue weighted by Crippen LogP contribution is 2.28. The van der Waals surface area contributed by atoms with E-state index in [9.17, 15) is 32.8 Å². The van der Waals surface area contributed by atoms with Gasteiger partial charge in [-0.2, -0.15) is 0 Å². The quantitative estimate of drug-likeness (QED) is 0.153. The van der Waals surface area contributed by atoms with Crippen LogP contribution in [-0.2, 0) is 19.3 Å². The Morgan fingerprint density at radius 3 is 1.82 bits per heavy atom. The Hall–Kier alpha value is -1.61. The molecule has 0 radical (unpaired) electrons. The smallest absolute Gasteiger partial charge is 0.330 e. The van der Waals surface area contributed by atoms with E-state index in [1.807, 2.05) is 4.98 Å². The number of rotatable bonds is 16. The molecular weight excluding hydrogens is 518 g/mol. The SMILES string of the molecule is CCCC[N+](CCCC)(CCCC)CCCC.O=c1ccn([C@@H]2O[C@H](COS(=O)(=O)[O-])[C@@H](O)[C@H]2O)c(=O)[nH]1. The first-order valence-corrected chi connectivity index (χ1v) is 15.0. The van der Waals surface area contributed by atoms with Crippen LogP contribution in [0.25, 0.3) is 0 Å². The molecule has 1 aromatic rings. The number of aromatic nitrogens is 2. The van der Waals surface area contributed by atoms with Crippen LogP contribution in [0, 0.1) is 0 Å². The van der Waals surface area contributed by atoms with Crippen LogP contribution in [0.1, 0.15) is 85.3 Å². The molecule has 0 saturated carbocycles. The number of hydrogen-bond donors (Lipinski definition) is 3. The Kier molecular flexibility index (Phi) is 15.5. The zero-order valence-corrected chi connectivity index (χ0v) is 24.0. The van der Waals surface area contributed by atoms with Crippen molar-refractivity contribution in [1.29, 1.82) is 0 Å². The van der Waals surface area contributed by atoms with Gasteiger partial charge in [0.25, 0.3) is 5.56 Å². The van der Waals surface area contributed by atoms with Crippen molar-refractivity contribution in [2.75, 3.05) is 32.8 Å². The molecule has 0 aromatic carbocycles. The maximum absolute atomic E-state index is 11.6. The first kappa shape index (κ1) is 34.4. The van der Waals surface area contributed by atoms with Crippen molar-refractivity contribution in [3.8, 4) is 0 Å². The Balaban J connectivity index is 0.000000391. The number of aliphatic hydroxyl groups excluding tert-OH is 2. The minimum absolute atomic E-state index is 0.665. The molecule has 12 nitrogen and oxygen atoms in total. The number of quaternary nitrogens is 1. The minimum Gasteiger partial charge on any atom is -0.726 e. The Morgan fingerprint density at radius 2 is 1.42 bits per heavy atom. The average molecular weight is 566 g/mol. The molecule has 38 heavy (non-hydrogen) atoms. The van der Waals surface area contributed by atoms with E-state index in [2.05, 4.69) is 31.9 Å². The monoisotopic (exact) mass is 565 g/mol. The lowest BCUT2D eigenvalue weighted by Gasteiger charge is -2.39. The van der Waals surface area contributed by atoms with Gasteiger partial charge in [-0.05, 0) is 25.7 Å². The molecule has 1 aliphatic heterocycles. The standard InChI is InChI=1S/C16H36N.C9H12N2O9S/c1-5-9-13-17(14-10-6-2,15-11-7-3)16-12-8-4;12-5-1-2-11(9(15)10-5)8-7(14)6(13)4(20-8)3-19-21(16,17)18/h5-16H2,1-4H3;1-2,4,6-8,13-14H,3H2,(H,10,12,15)(H,16,17,18)/q+1;/p-1/t;4-,6-,7-,8-/m.1/s1. The summed E-state index contributed by atoms with van der Waals surface area (Å²) in [4.78, 5) is 24.4. The second-order valence-electron chi connectivity index (χ2n) is 9.91. The predicted octanol–water partition coefficient (Wildman–Crippen LogP) is 1.64. The van der Waals surface area contributed by atoms with E-state index in [4.69, 9.17) is 4.74 Å². The Bertz CT molecular complexity index is 974. The number of hydrogen-bond acceptors (Lipinski definition) is 9. The topological polar surface area (TPSA) is 171 Å². The van der Waals surface area contributed by atoms with Crippen molar-refractivity contribution in [2.24, 2.45) is 0 Å². The van der Waals surface area contributed by atoms with E-state index in [1.54, 1.807) is 0 Å². The fraction of sp³-hybridized carbons (Fsp3) is 0.840. The molecule has 1 fully saturated rings. The van der Waals surface area contributed by atoms with Gasteiger partial charge in [-0.3, -0.25) is 18.5 Å².